The van der Waals surface area contributed by atoms with Gasteiger partial charge in [-0.1, -0.05) is 6.92 Å². The minimum Gasteiger partial charge on any atom is -0.396 e. The van der Waals surface area contributed by atoms with E-state index in [-0.39, 0.29) is 6.61 Å². The Bertz CT molecular complexity index is 280. The highest BCUT2D eigenvalue weighted by molar-refractivity contribution is 7.07. The summed E-state index contributed by atoms with van der Waals surface area (Å²) in [5, 5.41) is 13.7. The number of thiophene rings is 1. The Morgan fingerprint density at radius 1 is 1.47 bits per heavy atom. The van der Waals surface area contributed by atoms with Crippen molar-refractivity contribution in [2.45, 2.75) is 25.8 Å². The standard InChI is InChI=1S/C12H19NOS/c1-10(8-14)12(11-4-7-15-9-11)13-5-2-3-6-13/h4,7,9-10,12,14H,2-3,5-6,8H2,1H3. The van der Waals surface area contributed by atoms with E-state index in [0.29, 0.717) is 12.0 Å². The minimum atomic E-state index is 0.275. The quantitative estimate of drug-likeness (QED) is 0.851. The van der Waals surface area contributed by atoms with Crippen molar-refractivity contribution in [3.05, 3.63) is 22.4 Å². The summed E-state index contributed by atoms with van der Waals surface area (Å²) >= 11 is 1.75. The first kappa shape index (κ1) is 11.1. The van der Waals surface area contributed by atoms with Crippen LogP contribution in [0.1, 0.15) is 31.4 Å². The Morgan fingerprint density at radius 2 is 2.20 bits per heavy atom. The Hall–Kier alpha value is -0.380. The van der Waals surface area contributed by atoms with Crippen molar-refractivity contribution in [2.75, 3.05) is 19.7 Å². The molecule has 2 nitrogen and oxygen atoms in total. The van der Waals surface area contributed by atoms with Crippen LogP contribution in [0.5, 0.6) is 0 Å². The van der Waals surface area contributed by atoms with Crippen LogP contribution in [-0.4, -0.2) is 29.7 Å². The van der Waals surface area contributed by atoms with Crippen LogP contribution in [-0.2, 0) is 0 Å². The summed E-state index contributed by atoms with van der Waals surface area (Å²) in [5.41, 5.74) is 1.38. The van der Waals surface area contributed by atoms with Gasteiger partial charge in [0.2, 0.25) is 0 Å². The highest BCUT2D eigenvalue weighted by Crippen LogP contribution is 2.32. The van der Waals surface area contributed by atoms with Crippen LogP contribution < -0.4 is 0 Å². The number of hydrogen-bond acceptors (Lipinski definition) is 3. The first-order valence-corrected chi connectivity index (χ1v) is 6.64. The van der Waals surface area contributed by atoms with E-state index in [1.807, 2.05) is 0 Å². The van der Waals surface area contributed by atoms with Crippen LogP contribution in [0.3, 0.4) is 0 Å². The van der Waals surface area contributed by atoms with E-state index in [1.54, 1.807) is 11.3 Å². The van der Waals surface area contributed by atoms with Gasteiger partial charge in [-0.15, -0.1) is 0 Å². The van der Waals surface area contributed by atoms with Gasteiger partial charge in [-0.05, 0) is 54.2 Å². The summed E-state index contributed by atoms with van der Waals surface area (Å²) in [6.07, 6.45) is 2.61. The molecule has 1 fully saturated rings. The molecule has 1 aliphatic heterocycles. The van der Waals surface area contributed by atoms with Gasteiger partial charge < -0.3 is 5.11 Å². The third-order valence-electron chi connectivity index (χ3n) is 3.25. The number of aliphatic hydroxyl groups is 1. The zero-order valence-electron chi connectivity index (χ0n) is 9.22. The van der Waals surface area contributed by atoms with E-state index < -0.39 is 0 Å². The Balaban J connectivity index is 2.15. The predicted octanol–water partition coefficient (Wildman–Crippen LogP) is 2.51. The van der Waals surface area contributed by atoms with Crippen LogP contribution in [0, 0.1) is 5.92 Å². The van der Waals surface area contributed by atoms with Gasteiger partial charge >= 0.3 is 0 Å². The van der Waals surface area contributed by atoms with Crippen LogP contribution in [0.15, 0.2) is 16.8 Å². The molecule has 0 spiro atoms. The van der Waals surface area contributed by atoms with Gasteiger partial charge in [-0.2, -0.15) is 11.3 Å². The first-order chi connectivity index (χ1) is 7.33. The number of rotatable bonds is 4. The fraction of sp³-hybridized carbons (Fsp3) is 0.667. The SMILES string of the molecule is CC(CO)C(c1ccsc1)N1CCCC1. The third kappa shape index (κ3) is 2.41. The molecular weight excluding hydrogens is 206 g/mol. The Kier molecular flexibility index (Phi) is 3.78. The molecule has 0 bridgehead atoms. The molecule has 1 aliphatic rings. The molecule has 0 amide bonds. The molecule has 0 radical (unpaired) electrons. The average molecular weight is 225 g/mol. The van der Waals surface area contributed by atoms with E-state index >= 15 is 0 Å². The maximum absolute atomic E-state index is 9.34. The molecule has 1 N–H and O–H groups in total. The molecule has 15 heavy (non-hydrogen) atoms. The molecule has 1 saturated heterocycles. The van der Waals surface area contributed by atoms with E-state index in [4.69, 9.17) is 0 Å². The molecule has 0 saturated carbocycles. The monoisotopic (exact) mass is 225 g/mol. The normalized spacial score (nSPS) is 21.7. The largest absolute Gasteiger partial charge is 0.396 e. The maximum atomic E-state index is 9.34. The lowest BCUT2D eigenvalue weighted by atomic mass is 9.96. The summed E-state index contributed by atoms with van der Waals surface area (Å²) in [4.78, 5) is 2.52. The van der Waals surface area contributed by atoms with Crippen molar-refractivity contribution in [1.82, 2.24) is 4.90 Å². The first-order valence-electron chi connectivity index (χ1n) is 5.70. The zero-order chi connectivity index (χ0) is 10.7. The number of nitrogens with zero attached hydrogens (tertiary/aromatic N) is 1. The van der Waals surface area contributed by atoms with Crippen LogP contribution in [0.4, 0.5) is 0 Å². The molecule has 2 atom stereocenters. The minimum absolute atomic E-state index is 0.275. The molecule has 2 unspecified atom stereocenters. The fourth-order valence-electron chi connectivity index (χ4n) is 2.46. The lowest BCUT2D eigenvalue weighted by Gasteiger charge is -2.31. The molecule has 2 rings (SSSR count). The van der Waals surface area contributed by atoms with Crippen molar-refractivity contribution in [1.29, 1.82) is 0 Å². The molecule has 1 aromatic heterocycles. The van der Waals surface area contributed by atoms with Crippen molar-refractivity contribution in [3.8, 4) is 0 Å². The average Bonchev–Trinajstić information content (AvgIpc) is 2.90. The van der Waals surface area contributed by atoms with Gasteiger partial charge in [0.15, 0.2) is 0 Å². The fourth-order valence-corrected chi connectivity index (χ4v) is 3.15. The van der Waals surface area contributed by atoms with Gasteiger partial charge in [0.25, 0.3) is 0 Å². The van der Waals surface area contributed by atoms with Crippen molar-refractivity contribution in [2.24, 2.45) is 5.92 Å². The van der Waals surface area contributed by atoms with Gasteiger partial charge in [-0.3, -0.25) is 4.90 Å². The molecule has 0 aromatic carbocycles. The van der Waals surface area contributed by atoms with Crippen LogP contribution >= 0.6 is 11.3 Å². The molecule has 1 aromatic rings. The lowest BCUT2D eigenvalue weighted by molar-refractivity contribution is 0.126. The molecule has 84 valence electrons. The summed E-state index contributed by atoms with van der Waals surface area (Å²) in [6, 6.07) is 2.61. The number of aliphatic hydroxyl groups excluding tert-OH is 1. The van der Waals surface area contributed by atoms with Crippen molar-refractivity contribution < 1.29 is 5.11 Å². The lowest BCUT2D eigenvalue weighted by Crippen LogP contribution is -2.31. The second kappa shape index (κ2) is 5.10. The zero-order valence-corrected chi connectivity index (χ0v) is 10.0. The summed E-state index contributed by atoms with van der Waals surface area (Å²) < 4.78 is 0. The molecule has 3 heteroatoms. The van der Waals surface area contributed by atoms with Gasteiger partial charge in [-0.25, -0.2) is 0 Å². The van der Waals surface area contributed by atoms with Crippen LogP contribution in [0.25, 0.3) is 0 Å². The molecule has 2 heterocycles. The van der Waals surface area contributed by atoms with Gasteiger partial charge in [0.05, 0.1) is 0 Å². The summed E-state index contributed by atoms with van der Waals surface area (Å²) in [5.74, 6) is 0.331. The third-order valence-corrected chi connectivity index (χ3v) is 3.95. The molecular formula is C12H19NOS. The van der Waals surface area contributed by atoms with Crippen molar-refractivity contribution >= 4 is 11.3 Å². The Morgan fingerprint density at radius 3 is 2.73 bits per heavy atom. The van der Waals surface area contributed by atoms with E-state index in [1.165, 1.54) is 31.5 Å². The smallest absolute Gasteiger partial charge is 0.0474 e. The topological polar surface area (TPSA) is 23.5 Å². The number of likely N-dealkylation sites (tertiary alicyclic amines) is 1. The summed E-state index contributed by atoms with van der Waals surface area (Å²) in [6.45, 7) is 4.79. The maximum Gasteiger partial charge on any atom is 0.0474 e. The highest BCUT2D eigenvalue weighted by Gasteiger charge is 2.27. The Labute approximate surface area is 95.5 Å². The highest BCUT2D eigenvalue weighted by atomic mass is 32.1. The van der Waals surface area contributed by atoms with E-state index in [2.05, 4.69) is 28.7 Å². The van der Waals surface area contributed by atoms with E-state index in [0.717, 1.165) is 0 Å². The van der Waals surface area contributed by atoms with Gasteiger partial charge in [0.1, 0.15) is 0 Å². The van der Waals surface area contributed by atoms with Crippen molar-refractivity contribution in [3.63, 3.8) is 0 Å². The number of hydrogen-bond donors (Lipinski definition) is 1. The second-order valence-electron chi connectivity index (χ2n) is 4.40. The predicted molar refractivity (Wildman–Crippen MR) is 64.1 cm³/mol. The van der Waals surface area contributed by atoms with E-state index in [9.17, 15) is 5.11 Å². The second-order valence-corrected chi connectivity index (χ2v) is 5.18. The summed E-state index contributed by atoms with van der Waals surface area (Å²) in [7, 11) is 0. The van der Waals surface area contributed by atoms with Crippen LogP contribution in [0.2, 0.25) is 0 Å². The molecule has 0 aliphatic carbocycles. The van der Waals surface area contributed by atoms with Gasteiger partial charge in [0, 0.05) is 12.6 Å².